The average Bonchev–Trinajstić information content (AvgIpc) is 2.97. The van der Waals surface area contributed by atoms with Crippen molar-refractivity contribution in [3.05, 3.63) is 11.6 Å². The molecule has 0 radical (unpaired) electrons. The second kappa shape index (κ2) is 7.19. The van der Waals surface area contributed by atoms with Gasteiger partial charge in [-0.1, -0.05) is 59.1 Å². The molecule has 4 aliphatic carbocycles. The molecule has 3 saturated carbocycles. The van der Waals surface area contributed by atoms with Crippen LogP contribution >= 0.6 is 0 Å². The normalized spacial score (nSPS) is 47.8. The molecule has 0 amide bonds. The maximum atomic E-state index is 10.2. The largest absolute Gasteiger partial charge is 0.393 e. The minimum Gasteiger partial charge on any atom is -0.393 e. The van der Waals surface area contributed by atoms with Crippen molar-refractivity contribution in [1.82, 2.24) is 0 Å². The van der Waals surface area contributed by atoms with Crippen molar-refractivity contribution in [3.63, 3.8) is 0 Å². The van der Waals surface area contributed by atoms with E-state index in [1.54, 1.807) is 5.57 Å². The number of aliphatic hydroxyl groups is 1. The molecule has 1 nitrogen and oxygen atoms in total. The summed E-state index contributed by atoms with van der Waals surface area (Å²) in [5.41, 5.74) is 2.60. The molecule has 1 heteroatoms. The van der Waals surface area contributed by atoms with Gasteiger partial charge in [0.2, 0.25) is 0 Å². The van der Waals surface area contributed by atoms with Crippen LogP contribution in [0.2, 0.25) is 0 Å². The van der Waals surface area contributed by atoms with Crippen LogP contribution in [0.1, 0.15) is 98.8 Å². The van der Waals surface area contributed by atoms with E-state index in [4.69, 9.17) is 0 Å². The molecule has 0 heterocycles. The highest BCUT2D eigenvalue weighted by Gasteiger charge is 2.59. The van der Waals surface area contributed by atoms with Gasteiger partial charge in [-0.15, -0.1) is 0 Å². The van der Waals surface area contributed by atoms with E-state index in [0.717, 1.165) is 48.3 Å². The fourth-order valence-corrected chi connectivity index (χ4v) is 8.41. The van der Waals surface area contributed by atoms with Crippen molar-refractivity contribution in [2.75, 3.05) is 0 Å². The van der Waals surface area contributed by atoms with Gasteiger partial charge >= 0.3 is 0 Å². The lowest BCUT2D eigenvalue weighted by Gasteiger charge is -2.58. The Morgan fingerprint density at radius 2 is 1.78 bits per heavy atom. The summed E-state index contributed by atoms with van der Waals surface area (Å²) in [6, 6.07) is 0. The Morgan fingerprint density at radius 1 is 1.00 bits per heavy atom. The molecule has 0 spiro atoms. The Bertz CT molecular complexity index is 577. The summed E-state index contributed by atoms with van der Waals surface area (Å²) in [7, 11) is 0. The first-order valence-electron chi connectivity index (χ1n) is 12.1. The number of fused-ring (bicyclic) bond motifs is 5. The first-order valence-corrected chi connectivity index (χ1v) is 12.1. The molecular formula is C26H44O. The number of hydrogen-bond donors (Lipinski definition) is 1. The molecular weight excluding hydrogens is 328 g/mol. The lowest BCUT2D eigenvalue weighted by atomic mass is 9.47. The second-order valence-corrected chi connectivity index (χ2v) is 11.8. The van der Waals surface area contributed by atoms with Crippen LogP contribution in [-0.4, -0.2) is 11.2 Å². The van der Waals surface area contributed by atoms with Crippen LogP contribution in [0.4, 0.5) is 0 Å². The Hall–Kier alpha value is -0.300. The van der Waals surface area contributed by atoms with Crippen molar-refractivity contribution in [3.8, 4) is 0 Å². The molecule has 3 fully saturated rings. The SMILES string of the molecule is CC(C)CCC(C)[C@H]1CCC2C3CC=C4C[C@@H](O)CC[C@]4(C)C3CC[C@@]21C. The molecule has 27 heavy (non-hydrogen) atoms. The van der Waals surface area contributed by atoms with Gasteiger partial charge in [0.1, 0.15) is 0 Å². The topological polar surface area (TPSA) is 20.2 Å². The summed E-state index contributed by atoms with van der Waals surface area (Å²) in [6.45, 7) is 12.6. The quantitative estimate of drug-likeness (QED) is 0.527. The van der Waals surface area contributed by atoms with Gasteiger partial charge in [0.25, 0.3) is 0 Å². The Labute approximate surface area is 168 Å². The van der Waals surface area contributed by atoms with E-state index < -0.39 is 0 Å². The Morgan fingerprint density at radius 3 is 2.52 bits per heavy atom. The van der Waals surface area contributed by atoms with Crippen molar-refractivity contribution in [2.45, 2.75) is 105 Å². The summed E-state index contributed by atoms with van der Waals surface area (Å²) >= 11 is 0. The van der Waals surface area contributed by atoms with Crippen molar-refractivity contribution in [2.24, 2.45) is 46.3 Å². The highest BCUT2D eigenvalue weighted by atomic mass is 16.3. The molecule has 0 aromatic heterocycles. The number of rotatable bonds is 4. The van der Waals surface area contributed by atoms with E-state index in [1.165, 1.54) is 51.4 Å². The van der Waals surface area contributed by atoms with E-state index in [0.29, 0.717) is 10.8 Å². The molecule has 0 aromatic carbocycles. The summed E-state index contributed by atoms with van der Waals surface area (Å²) < 4.78 is 0. The molecule has 0 saturated heterocycles. The fourth-order valence-electron chi connectivity index (χ4n) is 8.41. The predicted octanol–water partition coefficient (Wildman–Crippen LogP) is 7.00. The molecule has 8 atom stereocenters. The third-order valence-corrected chi connectivity index (χ3v) is 10.0. The zero-order chi connectivity index (χ0) is 19.4. The molecule has 1 N–H and O–H groups in total. The van der Waals surface area contributed by atoms with Gasteiger partial charge in [-0.25, -0.2) is 0 Å². The second-order valence-electron chi connectivity index (χ2n) is 11.8. The van der Waals surface area contributed by atoms with Crippen LogP contribution in [0.25, 0.3) is 0 Å². The van der Waals surface area contributed by atoms with Crippen molar-refractivity contribution >= 4 is 0 Å². The monoisotopic (exact) mass is 372 g/mol. The third kappa shape index (κ3) is 3.24. The van der Waals surface area contributed by atoms with Crippen molar-refractivity contribution < 1.29 is 5.11 Å². The van der Waals surface area contributed by atoms with Gasteiger partial charge in [0.05, 0.1) is 6.10 Å². The lowest BCUT2D eigenvalue weighted by molar-refractivity contribution is -0.0574. The molecule has 0 aliphatic heterocycles. The minimum absolute atomic E-state index is 0.0765. The van der Waals surface area contributed by atoms with Crippen LogP contribution in [0.5, 0.6) is 0 Å². The summed E-state index contributed by atoms with van der Waals surface area (Å²) in [5, 5.41) is 10.2. The van der Waals surface area contributed by atoms with Gasteiger partial charge in [0, 0.05) is 0 Å². The van der Waals surface area contributed by atoms with Gasteiger partial charge in [-0.3, -0.25) is 0 Å². The van der Waals surface area contributed by atoms with E-state index in [9.17, 15) is 5.11 Å². The smallest absolute Gasteiger partial charge is 0.0577 e. The van der Waals surface area contributed by atoms with Crippen LogP contribution in [0.15, 0.2) is 11.6 Å². The molecule has 4 unspecified atom stereocenters. The minimum atomic E-state index is -0.0765. The zero-order valence-electron chi connectivity index (χ0n) is 18.6. The zero-order valence-corrected chi connectivity index (χ0v) is 18.6. The van der Waals surface area contributed by atoms with Gasteiger partial charge in [-0.2, -0.15) is 0 Å². The first kappa shape index (κ1) is 20.0. The van der Waals surface area contributed by atoms with E-state index in [-0.39, 0.29) is 6.10 Å². The Balaban J connectivity index is 1.53. The van der Waals surface area contributed by atoms with E-state index in [1.807, 2.05) is 0 Å². The maximum Gasteiger partial charge on any atom is 0.0577 e. The van der Waals surface area contributed by atoms with E-state index in [2.05, 4.69) is 40.7 Å². The molecule has 4 rings (SSSR count). The van der Waals surface area contributed by atoms with Gasteiger partial charge < -0.3 is 5.11 Å². The summed E-state index contributed by atoms with van der Waals surface area (Å²) in [6.07, 6.45) is 15.7. The van der Waals surface area contributed by atoms with E-state index >= 15 is 0 Å². The maximum absolute atomic E-state index is 10.2. The van der Waals surface area contributed by atoms with Crippen LogP contribution in [0.3, 0.4) is 0 Å². The average molecular weight is 373 g/mol. The summed E-state index contributed by atoms with van der Waals surface area (Å²) in [4.78, 5) is 0. The molecule has 4 aliphatic rings. The highest BCUT2D eigenvalue weighted by molar-refractivity contribution is 5.25. The first-order chi connectivity index (χ1) is 12.8. The predicted molar refractivity (Wildman–Crippen MR) is 114 cm³/mol. The molecule has 0 aromatic rings. The molecule has 0 bridgehead atoms. The highest BCUT2D eigenvalue weighted by Crippen LogP contribution is 2.67. The van der Waals surface area contributed by atoms with Crippen molar-refractivity contribution in [1.29, 1.82) is 0 Å². The van der Waals surface area contributed by atoms with Gasteiger partial charge in [0.15, 0.2) is 0 Å². The number of aliphatic hydroxyl groups excluding tert-OH is 1. The number of hydrogen-bond acceptors (Lipinski definition) is 1. The molecule has 154 valence electrons. The standard InChI is InChI=1S/C26H44O/c1-17(2)6-7-18(3)22-10-11-23-21-9-8-19-16-20(27)12-14-25(19,4)24(21)13-15-26(22,23)5/h8,17-18,20-24,27H,6-7,9-16H2,1-5H3/t18?,20-,21?,22+,23?,24?,25-,26+/m0/s1. The fraction of sp³-hybridized carbons (Fsp3) is 0.923. The lowest BCUT2D eigenvalue weighted by Crippen LogP contribution is -2.50. The van der Waals surface area contributed by atoms with Gasteiger partial charge in [-0.05, 0) is 97.7 Å². The Kier molecular flexibility index (Phi) is 5.32. The van der Waals surface area contributed by atoms with Crippen LogP contribution < -0.4 is 0 Å². The summed E-state index contributed by atoms with van der Waals surface area (Å²) in [5.74, 6) is 5.44. The third-order valence-electron chi connectivity index (χ3n) is 10.0. The van der Waals surface area contributed by atoms with Crippen LogP contribution in [-0.2, 0) is 0 Å². The van der Waals surface area contributed by atoms with Crippen LogP contribution in [0, 0.1) is 46.3 Å². The number of allylic oxidation sites excluding steroid dienone is 1.